The van der Waals surface area contributed by atoms with Crippen molar-refractivity contribution in [1.29, 1.82) is 0 Å². The number of sulfone groups is 1. The van der Waals surface area contributed by atoms with Gasteiger partial charge in [0, 0.05) is 49.8 Å². The van der Waals surface area contributed by atoms with E-state index in [0.717, 1.165) is 12.3 Å². The van der Waals surface area contributed by atoms with Crippen molar-refractivity contribution in [3.8, 4) is 11.3 Å². The Morgan fingerprint density at radius 2 is 1.96 bits per heavy atom. The highest BCUT2D eigenvalue weighted by molar-refractivity contribution is 7.90. The molecule has 1 fully saturated rings. The maximum atomic E-state index is 14.4. The molecule has 0 N–H and O–H groups in total. The van der Waals surface area contributed by atoms with Gasteiger partial charge in [-0.25, -0.2) is 22.2 Å². The van der Waals surface area contributed by atoms with Gasteiger partial charge in [-0.3, -0.25) is 9.88 Å². The van der Waals surface area contributed by atoms with Crippen LogP contribution in [0.1, 0.15) is 12.5 Å². The summed E-state index contributed by atoms with van der Waals surface area (Å²) < 4.78 is 51.1. The summed E-state index contributed by atoms with van der Waals surface area (Å²) in [6, 6.07) is 2.41. The molecule has 0 unspecified atom stereocenters. The lowest BCUT2D eigenvalue weighted by atomic mass is 9.91. The molecule has 2 aromatic heterocycles. The van der Waals surface area contributed by atoms with Gasteiger partial charge in [-0.2, -0.15) is 0 Å². The van der Waals surface area contributed by atoms with Crippen LogP contribution >= 0.6 is 11.6 Å². The minimum atomic E-state index is -3.01. The standard InChI is InChI=1S/C17H18ClF2N3O2S/c1-10-12(9-26(2,24)25)8-23(10)7-11-3-15(20)17(22-5-11)13-6-21-16(18)4-14(13)19/h3-6,10,12H,7-9H2,1-2H3/t10-,12+/m0/s1. The molecule has 0 amide bonds. The van der Waals surface area contributed by atoms with E-state index in [-0.39, 0.29) is 34.1 Å². The molecule has 0 bridgehead atoms. The maximum absolute atomic E-state index is 14.4. The Hall–Kier alpha value is -1.64. The molecule has 0 spiro atoms. The predicted molar refractivity (Wildman–Crippen MR) is 95.5 cm³/mol. The van der Waals surface area contributed by atoms with Crippen LogP contribution in [0.5, 0.6) is 0 Å². The Morgan fingerprint density at radius 1 is 1.23 bits per heavy atom. The van der Waals surface area contributed by atoms with E-state index in [1.807, 2.05) is 6.92 Å². The van der Waals surface area contributed by atoms with Gasteiger partial charge in [0.25, 0.3) is 0 Å². The average molecular weight is 402 g/mol. The van der Waals surface area contributed by atoms with Crippen LogP contribution in [0.25, 0.3) is 11.3 Å². The minimum Gasteiger partial charge on any atom is -0.296 e. The van der Waals surface area contributed by atoms with Crippen LogP contribution in [0.4, 0.5) is 8.78 Å². The van der Waals surface area contributed by atoms with Crippen molar-refractivity contribution in [3.05, 3.63) is 46.9 Å². The highest BCUT2D eigenvalue weighted by Gasteiger charge is 2.37. The van der Waals surface area contributed by atoms with Gasteiger partial charge in [0.1, 0.15) is 32.3 Å². The molecule has 9 heteroatoms. The third-order valence-electron chi connectivity index (χ3n) is 4.60. The molecule has 0 aromatic carbocycles. The van der Waals surface area contributed by atoms with E-state index >= 15 is 0 Å². The highest BCUT2D eigenvalue weighted by atomic mass is 35.5. The zero-order valence-electron chi connectivity index (χ0n) is 14.3. The third-order valence-corrected chi connectivity index (χ3v) is 5.84. The van der Waals surface area contributed by atoms with E-state index in [9.17, 15) is 17.2 Å². The topological polar surface area (TPSA) is 63.2 Å². The van der Waals surface area contributed by atoms with Gasteiger partial charge in [-0.1, -0.05) is 11.6 Å². The molecule has 1 aliphatic rings. The van der Waals surface area contributed by atoms with Crippen LogP contribution in [0, 0.1) is 17.6 Å². The summed E-state index contributed by atoms with van der Waals surface area (Å²) in [7, 11) is -3.01. The first-order valence-electron chi connectivity index (χ1n) is 8.01. The second-order valence-corrected chi connectivity index (χ2v) is 9.26. The molecular weight excluding hydrogens is 384 g/mol. The van der Waals surface area contributed by atoms with E-state index in [1.54, 1.807) is 0 Å². The van der Waals surface area contributed by atoms with E-state index in [1.165, 1.54) is 18.5 Å². The smallest absolute Gasteiger partial charge is 0.149 e. The number of hydrogen-bond acceptors (Lipinski definition) is 5. The first-order valence-corrected chi connectivity index (χ1v) is 10.5. The summed E-state index contributed by atoms with van der Waals surface area (Å²) in [5.74, 6) is -1.11. The SMILES string of the molecule is C[C@H]1[C@@H](CS(C)(=O)=O)CN1Cc1cnc(-c2cnc(Cl)cc2F)c(F)c1. The molecule has 26 heavy (non-hydrogen) atoms. The van der Waals surface area contributed by atoms with Crippen molar-refractivity contribution in [2.45, 2.75) is 19.5 Å². The molecule has 2 atom stereocenters. The molecule has 1 saturated heterocycles. The number of rotatable bonds is 5. The zero-order chi connectivity index (χ0) is 19.1. The molecule has 3 rings (SSSR count). The fraction of sp³-hybridized carbons (Fsp3) is 0.412. The Balaban J connectivity index is 1.71. The monoisotopic (exact) mass is 401 g/mol. The largest absolute Gasteiger partial charge is 0.296 e. The van der Waals surface area contributed by atoms with Gasteiger partial charge < -0.3 is 0 Å². The second-order valence-electron chi connectivity index (χ2n) is 6.68. The van der Waals surface area contributed by atoms with E-state index in [2.05, 4.69) is 14.9 Å². The van der Waals surface area contributed by atoms with E-state index < -0.39 is 21.5 Å². The van der Waals surface area contributed by atoms with Gasteiger partial charge in [0.05, 0.1) is 11.3 Å². The number of nitrogens with zero attached hydrogens (tertiary/aromatic N) is 3. The highest BCUT2D eigenvalue weighted by Crippen LogP contribution is 2.29. The van der Waals surface area contributed by atoms with Crippen LogP contribution < -0.4 is 0 Å². The summed E-state index contributed by atoms with van der Waals surface area (Å²) in [6.45, 7) is 3.03. The number of aromatic nitrogens is 2. The summed E-state index contributed by atoms with van der Waals surface area (Å²) in [5.41, 5.74) is 0.462. The summed E-state index contributed by atoms with van der Waals surface area (Å²) in [4.78, 5) is 9.84. The van der Waals surface area contributed by atoms with Gasteiger partial charge in [0.15, 0.2) is 0 Å². The van der Waals surface area contributed by atoms with Crippen molar-refractivity contribution in [2.24, 2.45) is 5.92 Å². The van der Waals surface area contributed by atoms with Crippen molar-refractivity contribution in [2.75, 3.05) is 18.6 Å². The zero-order valence-corrected chi connectivity index (χ0v) is 15.9. The number of pyridine rings is 2. The van der Waals surface area contributed by atoms with Crippen molar-refractivity contribution < 1.29 is 17.2 Å². The molecule has 0 radical (unpaired) electrons. The second kappa shape index (κ2) is 7.17. The van der Waals surface area contributed by atoms with Crippen molar-refractivity contribution >= 4 is 21.4 Å². The van der Waals surface area contributed by atoms with Gasteiger partial charge in [-0.15, -0.1) is 0 Å². The lowest BCUT2D eigenvalue weighted by molar-refractivity contribution is 0.0323. The molecule has 1 aliphatic heterocycles. The number of hydrogen-bond donors (Lipinski definition) is 0. The minimum absolute atomic E-state index is 0.0151. The van der Waals surface area contributed by atoms with Gasteiger partial charge >= 0.3 is 0 Å². The number of halogens is 3. The first kappa shape index (κ1) is 19.1. The Labute approximate surface area is 155 Å². The fourth-order valence-electron chi connectivity index (χ4n) is 3.15. The average Bonchev–Trinajstić information content (AvgIpc) is 2.53. The van der Waals surface area contributed by atoms with Gasteiger partial charge in [0.2, 0.25) is 0 Å². The molecule has 140 valence electrons. The van der Waals surface area contributed by atoms with Crippen LogP contribution in [0.2, 0.25) is 5.15 Å². The summed E-state index contributed by atoms with van der Waals surface area (Å²) in [6.07, 6.45) is 3.87. The molecular formula is C17H18ClF2N3O2S. The first-order chi connectivity index (χ1) is 12.1. The maximum Gasteiger partial charge on any atom is 0.149 e. The van der Waals surface area contributed by atoms with Crippen LogP contribution in [-0.4, -0.2) is 47.9 Å². The van der Waals surface area contributed by atoms with Crippen LogP contribution in [0.3, 0.4) is 0 Å². The molecule has 5 nitrogen and oxygen atoms in total. The van der Waals surface area contributed by atoms with Crippen LogP contribution in [0.15, 0.2) is 24.5 Å². The number of likely N-dealkylation sites (tertiary alicyclic amines) is 1. The lowest BCUT2D eigenvalue weighted by Gasteiger charge is -2.46. The Bertz CT molecular complexity index is 940. The fourth-order valence-corrected chi connectivity index (χ4v) is 4.45. The van der Waals surface area contributed by atoms with Crippen molar-refractivity contribution in [3.63, 3.8) is 0 Å². The van der Waals surface area contributed by atoms with Crippen LogP contribution in [-0.2, 0) is 16.4 Å². The lowest BCUT2D eigenvalue weighted by Crippen LogP contribution is -2.56. The predicted octanol–water partition coefficient (Wildman–Crippen LogP) is 2.94. The molecule has 0 saturated carbocycles. The molecule has 3 heterocycles. The Morgan fingerprint density at radius 3 is 2.54 bits per heavy atom. The van der Waals surface area contributed by atoms with Crippen molar-refractivity contribution in [1.82, 2.24) is 14.9 Å². The molecule has 2 aromatic rings. The third kappa shape index (κ3) is 4.19. The normalized spacial score (nSPS) is 20.8. The van der Waals surface area contributed by atoms with Gasteiger partial charge in [-0.05, 0) is 18.6 Å². The Kier molecular flexibility index (Phi) is 5.28. The summed E-state index contributed by atoms with van der Waals surface area (Å²) >= 11 is 5.61. The van der Waals surface area contributed by atoms with E-state index in [4.69, 9.17) is 11.6 Å². The summed E-state index contributed by atoms with van der Waals surface area (Å²) in [5, 5.41) is -0.0151. The van der Waals surface area contributed by atoms with E-state index in [0.29, 0.717) is 18.7 Å². The quantitative estimate of drug-likeness (QED) is 0.721. The molecule has 0 aliphatic carbocycles.